The summed E-state index contributed by atoms with van der Waals surface area (Å²) >= 11 is 0. The third kappa shape index (κ3) is 5.72. The van der Waals surface area contributed by atoms with Crippen molar-refractivity contribution in [1.29, 1.82) is 0 Å². The van der Waals surface area contributed by atoms with Gasteiger partial charge in [-0.15, -0.1) is 0 Å². The summed E-state index contributed by atoms with van der Waals surface area (Å²) in [6, 6.07) is 5.36. The molecule has 2 N–H and O–H groups in total. The Morgan fingerprint density at radius 3 is 2.45 bits per heavy atom. The third-order valence-corrected chi connectivity index (χ3v) is 3.05. The Labute approximate surface area is 133 Å². The molecule has 22 heavy (non-hydrogen) atoms. The molecule has 0 saturated heterocycles. The van der Waals surface area contributed by atoms with Gasteiger partial charge in [0.15, 0.2) is 0 Å². The number of allylic oxidation sites excluding steroid dienone is 1. The monoisotopic (exact) mass is 302 g/mol. The number of carbonyl (C=O) groups is 2. The topological polar surface area (TPSA) is 58.2 Å². The molecule has 120 valence electrons. The van der Waals surface area contributed by atoms with E-state index in [1.807, 2.05) is 52.8 Å². The van der Waals surface area contributed by atoms with Gasteiger partial charge >= 0.3 is 0 Å². The number of carbonyl (C=O) groups excluding carboxylic acids is 2. The van der Waals surface area contributed by atoms with Crippen LogP contribution >= 0.6 is 0 Å². The molecule has 0 radical (unpaired) electrons. The summed E-state index contributed by atoms with van der Waals surface area (Å²) in [7, 11) is 0. The van der Waals surface area contributed by atoms with Crippen LogP contribution in [0.15, 0.2) is 30.4 Å². The van der Waals surface area contributed by atoms with Gasteiger partial charge < -0.3 is 10.6 Å². The summed E-state index contributed by atoms with van der Waals surface area (Å²) in [6.45, 7) is 9.68. The zero-order chi connectivity index (χ0) is 16.8. The van der Waals surface area contributed by atoms with Crippen molar-refractivity contribution in [1.82, 2.24) is 5.32 Å². The van der Waals surface area contributed by atoms with Crippen molar-refractivity contribution in [2.75, 3.05) is 5.32 Å². The van der Waals surface area contributed by atoms with E-state index < -0.39 is 0 Å². The highest BCUT2D eigenvalue weighted by Gasteiger charge is 2.18. The molecular weight excluding hydrogens is 276 g/mol. The van der Waals surface area contributed by atoms with E-state index in [1.54, 1.807) is 12.1 Å². The SMILES string of the molecule is CCC=CCC(=O)Nc1cccc(C(=O)NC(C)(C)C)c1C. The minimum Gasteiger partial charge on any atom is -0.347 e. The zero-order valence-electron chi connectivity index (χ0n) is 14.1. The average molecular weight is 302 g/mol. The molecule has 0 heterocycles. The number of benzene rings is 1. The predicted molar refractivity (Wildman–Crippen MR) is 91.1 cm³/mol. The van der Waals surface area contributed by atoms with E-state index in [-0.39, 0.29) is 17.4 Å². The summed E-state index contributed by atoms with van der Waals surface area (Å²) < 4.78 is 0. The third-order valence-electron chi connectivity index (χ3n) is 3.05. The minimum absolute atomic E-state index is 0.0822. The maximum Gasteiger partial charge on any atom is 0.252 e. The van der Waals surface area contributed by atoms with Gasteiger partial charge in [0.25, 0.3) is 5.91 Å². The van der Waals surface area contributed by atoms with Crippen LogP contribution in [0.5, 0.6) is 0 Å². The molecule has 2 amide bonds. The highest BCUT2D eigenvalue weighted by Crippen LogP contribution is 2.20. The van der Waals surface area contributed by atoms with E-state index in [0.717, 1.165) is 12.0 Å². The molecule has 1 rings (SSSR count). The van der Waals surface area contributed by atoms with Crippen LogP contribution in [0.1, 0.15) is 56.5 Å². The Morgan fingerprint density at radius 2 is 1.86 bits per heavy atom. The molecule has 0 fully saturated rings. The van der Waals surface area contributed by atoms with Crippen molar-refractivity contribution in [2.45, 2.75) is 53.0 Å². The Kier molecular flexibility index (Phi) is 6.35. The van der Waals surface area contributed by atoms with Gasteiger partial charge in [-0.1, -0.05) is 25.1 Å². The number of hydrogen-bond acceptors (Lipinski definition) is 2. The maximum absolute atomic E-state index is 12.3. The van der Waals surface area contributed by atoms with E-state index in [1.165, 1.54) is 0 Å². The molecule has 1 aromatic carbocycles. The molecule has 0 spiro atoms. The van der Waals surface area contributed by atoms with Gasteiger partial charge in [-0.3, -0.25) is 9.59 Å². The molecule has 0 saturated carbocycles. The second-order valence-electron chi connectivity index (χ2n) is 6.31. The second kappa shape index (κ2) is 7.78. The number of anilines is 1. The number of rotatable bonds is 5. The Morgan fingerprint density at radius 1 is 1.18 bits per heavy atom. The zero-order valence-corrected chi connectivity index (χ0v) is 14.1. The fourth-order valence-electron chi connectivity index (χ4n) is 1.98. The molecule has 1 aromatic rings. The van der Waals surface area contributed by atoms with Crippen LogP contribution in [0.2, 0.25) is 0 Å². The van der Waals surface area contributed by atoms with Crippen LogP contribution < -0.4 is 10.6 Å². The lowest BCUT2D eigenvalue weighted by atomic mass is 10.0. The van der Waals surface area contributed by atoms with Gasteiger partial charge in [0.2, 0.25) is 5.91 Å². The molecule has 4 nitrogen and oxygen atoms in total. The van der Waals surface area contributed by atoms with Gasteiger partial charge in [-0.2, -0.15) is 0 Å². The van der Waals surface area contributed by atoms with Crippen molar-refractivity contribution in [3.63, 3.8) is 0 Å². The average Bonchev–Trinajstić information content (AvgIpc) is 2.39. The standard InChI is InChI=1S/C18H26N2O2/c1-6-7-8-12-16(21)19-15-11-9-10-14(13(15)2)17(22)20-18(3,4)5/h7-11H,6,12H2,1-5H3,(H,19,21)(H,20,22). The van der Waals surface area contributed by atoms with Crippen LogP contribution in [0, 0.1) is 6.92 Å². The van der Waals surface area contributed by atoms with Gasteiger partial charge in [0.1, 0.15) is 0 Å². The highest BCUT2D eigenvalue weighted by molar-refractivity contribution is 5.99. The van der Waals surface area contributed by atoms with Crippen molar-refractivity contribution in [2.24, 2.45) is 0 Å². The number of amides is 2. The fourth-order valence-corrected chi connectivity index (χ4v) is 1.98. The fraction of sp³-hybridized carbons (Fsp3) is 0.444. The molecule has 0 aliphatic carbocycles. The Hall–Kier alpha value is -2.10. The van der Waals surface area contributed by atoms with E-state index >= 15 is 0 Å². The lowest BCUT2D eigenvalue weighted by molar-refractivity contribution is -0.115. The summed E-state index contributed by atoms with van der Waals surface area (Å²) in [4.78, 5) is 24.2. The highest BCUT2D eigenvalue weighted by atomic mass is 16.2. The molecule has 4 heteroatoms. The van der Waals surface area contributed by atoms with Crippen LogP contribution in [-0.4, -0.2) is 17.4 Å². The molecule has 0 aliphatic rings. The first kappa shape index (κ1) is 18.0. The number of nitrogens with one attached hydrogen (secondary N) is 2. The Balaban J connectivity index is 2.87. The van der Waals surface area contributed by atoms with Gasteiger partial charge in [-0.05, 0) is 51.8 Å². The minimum atomic E-state index is -0.298. The van der Waals surface area contributed by atoms with Gasteiger partial charge in [0.05, 0.1) is 0 Å². The molecule has 0 aliphatic heterocycles. The normalized spacial score (nSPS) is 11.5. The number of hydrogen-bond donors (Lipinski definition) is 2. The second-order valence-corrected chi connectivity index (χ2v) is 6.31. The van der Waals surface area contributed by atoms with Gasteiger partial charge in [0, 0.05) is 23.2 Å². The van der Waals surface area contributed by atoms with Crippen LogP contribution in [0.25, 0.3) is 0 Å². The Bertz CT molecular complexity index is 569. The molecule has 0 unspecified atom stereocenters. The lowest BCUT2D eigenvalue weighted by Gasteiger charge is -2.21. The molecule has 0 atom stereocenters. The van der Waals surface area contributed by atoms with Crippen LogP contribution in [-0.2, 0) is 4.79 Å². The predicted octanol–water partition coefficient (Wildman–Crippen LogP) is 3.82. The summed E-state index contributed by atoms with van der Waals surface area (Å²) in [6.07, 6.45) is 5.06. The first-order valence-electron chi connectivity index (χ1n) is 7.61. The first-order valence-corrected chi connectivity index (χ1v) is 7.61. The van der Waals surface area contributed by atoms with Crippen molar-refractivity contribution >= 4 is 17.5 Å². The largest absolute Gasteiger partial charge is 0.347 e. The van der Waals surface area contributed by atoms with E-state index in [4.69, 9.17) is 0 Å². The van der Waals surface area contributed by atoms with Crippen molar-refractivity contribution in [3.05, 3.63) is 41.5 Å². The van der Waals surface area contributed by atoms with Crippen LogP contribution in [0.4, 0.5) is 5.69 Å². The molecule has 0 aromatic heterocycles. The summed E-state index contributed by atoms with van der Waals surface area (Å²) in [5.41, 5.74) is 1.73. The molecular formula is C18H26N2O2. The lowest BCUT2D eigenvalue weighted by Crippen LogP contribution is -2.40. The smallest absolute Gasteiger partial charge is 0.252 e. The first-order chi connectivity index (χ1) is 10.2. The molecule has 0 bridgehead atoms. The summed E-state index contributed by atoms with van der Waals surface area (Å²) in [5, 5.41) is 5.79. The van der Waals surface area contributed by atoms with Crippen molar-refractivity contribution < 1.29 is 9.59 Å². The van der Waals surface area contributed by atoms with E-state index in [0.29, 0.717) is 17.7 Å². The van der Waals surface area contributed by atoms with E-state index in [2.05, 4.69) is 10.6 Å². The quantitative estimate of drug-likeness (QED) is 0.812. The maximum atomic E-state index is 12.3. The van der Waals surface area contributed by atoms with E-state index in [9.17, 15) is 9.59 Å². The van der Waals surface area contributed by atoms with Crippen LogP contribution in [0.3, 0.4) is 0 Å². The summed E-state index contributed by atoms with van der Waals surface area (Å²) in [5.74, 6) is -0.215. The van der Waals surface area contributed by atoms with Crippen molar-refractivity contribution in [3.8, 4) is 0 Å². The van der Waals surface area contributed by atoms with Gasteiger partial charge in [-0.25, -0.2) is 0 Å².